The van der Waals surface area contributed by atoms with Gasteiger partial charge in [-0.3, -0.25) is 10.1 Å². The molecule has 1 atom stereocenters. The smallest absolute Gasteiger partial charge is 0.333 e. The molecule has 1 N–H and O–H groups in total. The first-order chi connectivity index (χ1) is 9.41. The molecule has 0 spiro atoms. The van der Waals surface area contributed by atoms with Crippen LogP contribution >= 0.6 is 0 Å². The number of nitrogens with one attached hydrogen (secondary N) is 1. The largest absolute Gasteiger partial charge is 0.362 e. The van der Waals surface area contributed by atoms with Crippen molar-refractivity contribution in [3.8, 4) is 0 Å². The van der Waals surface area contributed by atoms with Gasteiger partial charge in [0, 0.05) is 12.1 Å². The molecule has 20 heavy (non-hydrogen) atoms. The number of nitrogens with zero attached hydrogens (tertiary/aromatic N) is 3. The zero-order valence-corrected chi connectivity index (χ0v) is 12.7. The standard InChI is InChI=1S/C14H24N4O2/c1-9(2)17-14(13(18(19)20)11(4)16-17)15-10(3)12-7-5-6-8-12/h9-10,12,15H,5-8H2,1-4H3. The van der Waals surface area contributed by atoms with Crippen LogP contribution in [-0.2, 0) is 0 Å². The van der Waals surface area contributed by atoms with E-state index < -0.39 is 0 Å². The van der Waals surface area contributed by atoms with Gasteiger partial charge in [0.1, 0.15) is 5.69 Å². The Bertz CT molecular complexity index is 490. The Hall–Kier alpha value is -1.59. The first kappa shape index (κ1) is 14.8. The summed E-state index contributed by atoms with van der Waals surface area (Å²) in [5.74, 6) is 1.16. The summed E-state index contributed by atoms with van der Waals surface area (Å²) in [6.45, 7) is 7.79. The highest BCUT2D eigenvalue weighted by atomic mass is 16.6. The van der Waals surface area contributed by atoms with Gasteiger partial charge in [0.15, 0.2) is 0 Å². The first-order valence-corrected chi connectivity index (χ1v) is 7.41. The van der Waals surface area contributed by atoms with Crippen LogP contribution < -0.4 is 5.32 Å². The van der Waals surface area contributed by atoms with Crippen molar-refractivity contribution in [1.82, 2.24) is 9.78 Å². The molecule has 1 unspecified atom stereocenters. The number of aromatic nitrogens is 2. The third kappa shape index (κ3) is 2.78. The summed E-state index contributed by atoms with van der Waals surface area (Å²) in [6, 6.07) is 0.338. The van der Waals surface area contributed by atoms with Crippen LogP contribution in [0.4, 0.5) is 11.5 Å². The van der Waals surface area contributed by atoms with Gasteiger partial charge >= 0.3 is 5.69 Å². The number of rotatable bonds is 5. The first-order valence-electron chi connectivity index (χ1n) is 7.41. The van der Waals surface area contributed by atoms with Gasteiger partial charge in [0.2, 0.25) is 5.82 Å². The summed E-state index contributed by atoms with van der Waals surface area (Å²) < 4.78 is 1.74. The van der Waals surface area contributed by atoms with E-state index in [1.807, 2.05) is 13.8 Å². The summed E-state index contributed by atoms with van der Waals surface area (Å²) in [6.07, 6.45) is 4.94. The molecule has 0 amide bonds. The van der Waals surface area contributed by atoms with Crippen molar-refractivity contribution in [1.29, 1.82) is 0 Å². The summed E-state index contributed by atoms with van der Waals surface area (Å²) in [5, 5.41) is 19.0. The quantitative estimate of drug-likeness (QED) is 0.659. The van der Waals surface area contributed by atoms with Crippen LogP contribution in [0, 0.1) is 23.0 Å². The second-order valence-electron chi connectivity index (χ2n) is 6.06. The van der Waals surface area contributed by atoms with E-state index in [0.29, 0.717) is 17.4 Å². The van der Waals surface area contributed by atoms with E-state index in [0.717, 1.165) is 0 Å². The maximum Gasteiger partial charge on any atom is 0.333 e. The molecule has 0 bridgehead atoms. The zero-order valence-electron chi connectivity index (χ0n) is 12.7. The third-order valence-corrected chi connectivity index (χ3v) is 4.20. The fourth-order valence-electron chi connectivity index (χ4n) is 3.06. The molecular formula is C14H24N4O2. The fourth-order valence-corrected chi connectivity index (χ4v) is 3.06. The molecule has 1 fully saturated rings. The van der Waals surface area contributed by atoms with Crippen LogP contribution in [0.5, 0.6) is 0 Å². The number of nitro groups is 1. The molecule has 1 aromatic rings. The maximum atomic E-state index is 11.3. The van der Waals surface area contributed by atoms with Crippen molar-refractivity contribution >= 4 is 11.5 Å². The summed E-state index contributed by atoms with van der Waals surface area (Å²) in [4.78, 5) is 11.0. The highest BCUT2D eigenvalue weighted by Crippen LogP contribution is 2.34. The normalized spacial score (nSPS) is 17.6. The van der Waals surface area contributed by atoms with Crippen LogP contribution in [0.15, 0.2) is 0 Å². The molecule has 0 aliphatic heterocycles. The fraction of sp³-hybridized carbons (Fsp3) is 0.786. The molecule has 1 saturated carbocycles. The highest BCUT2D eigenvalue weighted by Gasteiger charge is 2.30. The molecule has 0 radical (unpaired) electrons. The maximum absolute atomic E-state index is 11.3. The lowest BCUT2D eigenvalue weighted by Gasteiger charge is -2.22. The summed E-state index contributed by atoms with van der Waals surface area (Å²) >= 11 is 0. The Morgan fingerprint density at radius 2 is 1.95 bits per heavy atom. The minimum Gasteiger partial charge on any atom is -0.362 e. The minimum absolute atomic E-state index is 0.0979. The SMILES string of the molecule is Cc1nn(C(C)C)c(NC(C)C2CCCC2)c1[N+](=O)[O-]. The molecule has 6 heteroatoms. The Labute approximate surface area is 119 Å². The predicted octanol–water partition coefficient (Wildman–Crippen LogP) is 3.67. The zero-order chi connectivity index (χ0) is 14.9. The molecule has 2 rings (SSSR count). The summed E-state index contributed by atoms with van der Waals surface area (Å²) in [7, 11) is 0. The van der Waals surface area contributed by atoms with E-state index in [-0.39, 0.29) is 22.7 Å². The van der Waals surface area contributed by atoms with Gasteiger partial charge in [0.25, 0.3) is 0 Å². The molecule has 0 saturated heterocycles. The van der Waals surface area contributed by atoms with Gasteiger partial charge < -0.3 is 5.32 Å². The molecule has 0 aromatic carbocycles. The van der Waals surface area contributed by atoms with E-state index in [2.05, 4.69) is 17.3 Å². The third-order valence-electron chi connectivity index (χ3n) is 4.20. The topological polar surface area (TPSA) is 73.0 Å². The Morgan fingerprint density at radius 1 is 1.35 bits per heavy atom. The summed E-state index contributed by atoms with van der Waals surface area (Å²) in [5.41, 5.74) is 0.591. The average Bonchev–Trinajstić information content (AvgIpc) is 2.96. The van der Waals surface area contributed by atoms with E-state index in [9.17, 15) is 10.1 Å². The minimum atomic E-state index is -0.328. The lowest BCUT2D eigenvalue weighted by atomic mass is 10.00. The molecular weight excluding hydrogens is 256 g/mol. The monoisotopic (exact) mass is 280 g/mol. The van der Waals surface area contributed by atoms with Gasteiger partial charge in [-0.1, -0.05) is 12.8 Å². The number of anilines is 1. The molecule has 112 valence electrons. The Balaban J connectivity index is 2.30. The van der Waals surface area contributed by atoms with Crippen molar-refractivity contribution < 1.29 is 4.92 Å². The Kier molecular flexibility index (Phi) is 4.30. The van der Waals surface area contributed by atoms with Crippen LogP contribution in [0.1, 0.15) is 58.2 Å². The second-order valence-corrected chi connectivity index (χ2v) is 6.06. The van der Waals surface area contributed by atoms with Crippen LogP contribution in [0.25, 0.3) is 0 Å². The van der Waals surface area contributed by atoms with E-state index in [4.69, 9.17) is 0 Å². The molecule has 1 aromatic heterocycles. The van der Waals surface area contributed by atoms with Gasteiger partial charge in [-0.2, -0.15) is 5.10 Å². The van der Waals surface area contributed by atoms with Crippen molar-refractivity contribution in [2.45, 2.75) is 65.5 Å². The van der Waals surface area contributed by atoms with Gasteiger partial charge in [-0.05, 0) is 46.5 Å². The number of hydrogen-bond acceptors (Lipinski definition) is 4. The van der Waals surface area contributed by atoms with E-state index in [1.54, 1.807) is 11.6 Å². The van der Waals surface area contributed by atoms with Crippen molar-refractivity contribution in [3.63, 3.8) is 0 Å². The highest BCUT2D eigenvalue weighted by molar-refractivity contribution is 5.60. The van der Waals surface area contributed by atoms with Crippen LogP contribution in [0.3, 0.4) is 0 Å². The lowest BCUT2D eigenvalue weighted by Crippen LogP contribution is -2.26. The number of hydrogen-bond donors (Lipinski definition) is 1. The predicted molar refractivity (Wildman–Crippen MR) is 79.0 cm³/mol. The average molecular weight is 280 g/mol. The Morgan fingerprint density at radius 3 is 2.45 bits per heavy atom. The van der Waals surface area contributed by atoms with E-state index in [1.165, 1.54) is 25.7 Å². The van der Waals surface area contributed by atoms with Gasteiger partial charge in [-0.15, -0.1) is 0 Å². The molecule has 1 aliphatic rings. The van der Waals surface area contributed by atoms with E-state index >= 15 is 0 Å². The van der Waals surface area contributed by atoms with Crippen molar-refractivity contribution in [3.05, 3.63) is 15.8 Å². The van der Waals surface area contributed by atoms with Gasteiger partial charge in [-0.25, -0.2) is 4.68 Å². The molecule has 1 aliphatic carbocycles. The van der Waals surface area contributed by atoms with Gasteiger partial charge in [0.05, 0.1) is 4.92 Å². The number of aryl methyl sites for hydroxylation is 1. The van der Waals surface area contributed by atoms with Crippen molar-refractivity contribution in [2.75, 3.05) is 5.32 Å². The van der Waals surface area contributed by atoms with Crippen molar-refractivity contribution in [2.24, 2.45) is 5.92 Å². The molecule has 1 heterocycles. The van der Waals surface area contributed by atoms with Crippen LogP contribution in [-0.4, -0.2) is 20.7 Å². The van der Waals surface area contributed by atoms with Crippen LogP contribution in [0.2, 0.25) is 0 Å². The second kappa shape index (κ2) is 5.81. The molecule has 6 nitrogen and oxygen atoms in total. The lowest BCUT2D eigenvalue weighted by molar-refractivity contribution is -0.384.